The second-order valence-corrected chi connectivity index (χ2v) is 6.61. The van der Waals surface area contributed by atoms with Crippen molar-refractivity contribution in [2.24, 2.45) is 4.36 Å². The molecule has 126 valence electrons. The van der Waals surface area contributed by atoms with E-state index in [2.05, 4.69) is 9.46 Å². The highest BCUT2D eigenvalue weighted by Gasteiger charge is 2.35. The standard InChI is InChI=1S/C11H2Cl3F3N4OS2/c12-4-1-5(13)8(6(14)2-4)21-10(20-24-22)9(7(3-18)19-21)23-11(15,16)17/h1-2H. The molecule has 0 bridgehead atoms. The highest BCUT2D eigenvalue weighted by Crippen LogP contribution is 2.45. The molecule has 1 heterocycles. The minimum absolute atomic E-state index is 0.0459. The Morgan fingerprint density at radius 2 is 1.83 bits per heavy atom. The molecule has 24 heavy (non-hydrogen) atoms. The minimum atomic E-state index is -4.72. The molecule has 0 saturated carbocycles. The summed E-state index contributed by atoms with van der Waals surface area (Å²) in [5.74, 6) is -0.500. The molecular formula is C11H2Cl3F3N4OS2. The van der Waals surface area contributed by atoms with Crippen molar-refractivity contribution >= 4 is 63.8 Å². The fourth-order valence-corrected chi connectivity index (χ4v) is 3.60. The first-order chi connectivity index (χ1) is 11.2. The fourth-order valence-electron chi connectivity index (χ4n) is 1.69. The number of aromatic nitrogens is 2. The van der Waals surface area contributed by atoms with Crippen LogP contribution < -0.4 is 0 Å². The van der Waals surface area contributed by atoms with Crippen LogP contribution in [0, 0.1) is 11.3 Å². The van der Waals surface area contributed by atoms with Gasteiger partial charge in [-0.2, -0.15) is 27.7 Å². The predicted molar refractivity (Wildman–Crippen MR) is 85.5 cm³/mol. The molecule has 1 aromatic carbocycles. The summed E-state index contributed by atoms with van der Waals surface area (Å²) in [5, 5.41) is 12.9. The van der Waals surface area contributed by atoms with Gasteiger partial charge in [0.25, 0.3) is 0 Å². The maximum atomic E-state index is 12.7. The van der Waals surface area contributed by atoms with Crippen LogP contribution in [0.4, 0.5) is 19.0 Å². The fraction of sp³-hybridized carbons (Fsp3) is 0.0909. The molecule has 0 unspecified atom stereocenters. The lowest BCUT2D eigenvalue weighted by molar-refractivity contribution is -0.0328. The second kappa shape index (κ2) is 7.33. The van der Waals surface area contributed by atoms with Crippen molar-refractivity contribution in [3.8, 4) is 11.8 Å². The van der Waals surface area contributed by atoms with Crippen LogP contribution in [0.25, 0.3) is 5.69 Å². The molecule has 0 radical (unpaired) electrons. The van der Waals surface area contributed by atoms with Gasteiger partial charge in [-0.15, -0.1) is 4.36 Å². The molecule has 0 saturated heterocycles. The zero-order valence-corrected chi connectivity index (χ0v) is 14.8. The van der Waals surface area contributed by atoms with Crippen LogP contribution in [-0.2, 0) is 11.5 Å². The lowest BCUT2D eigenvalue weighted by Crippen LogP contribution is -2.00. The summed E-state index contributed by atoms with van der Waals surface area (Å²) in [6.07, 6.45) is 0. The van der Waals surface area contributed by atoms with Crippen molar-refractivity contribution in [1.82, 2.24) is 9.78 Å². The summed E-state index contributed by atoms with van der Waals surface area (Å²) in [6, 6.07) is 4.08. The third-order valence-corrected chi connectivity index (χ3v) is 4.31. The molecule has 0 spiro atoms. The molecule has 2 rings (SSSR count). The topological polar surface area (TPSA) is 71.0 Å². The van der Waals surface area contributed by atoms with E-state index in [9.17, 15) is 17.4 Å². The van der Waals surface area contributed by atoms with Crippen molar-refractivity contribution in [2.75, 3.05) is 0 Å². The van der Waals surface area contributed by atoms with Gasteiger partial charge in [0.1, 0.15) is 16.7 Å². The Balaban J connectivity index is 2.82. The van der Waals surface area contributed by atoms with Gasteiger partial charge in [0.15, 0.2) is 11.5 Å². The van der Waals surface area contributed by atoms with Crippen LogP contribution in [0.3, 0.4) is 0 Å². The monoisotopic (exact) mass is 432 g/mol. The summed E-state index contributed by atoms with van der Waals surface area (Å²) in [4.78, 5) is -0.629. The number of rotatable bonds is 3. The van der Waals surface area contributed by atoms with Gasteiger partial charge in [0.2, 0.25) is 11.5 Å². The van der Waals surface area contributed by atoms with Gasteiger partial charge in [-0.3, -0.25) is 0 Å². The molecule has 13 heteroatoms. The zero-order valence-electron chi connectivity index (χ0n) is 10.9. The van der Waals surface area contributed by atoms with E-state index in [0.29, 0.717) is 0 Å². The zero-order chi connectivity index (χ0) is 18.1. The van der Waals surface area contributed by atoms with Gasteiger partial charge in [-0.25, -0.2) is 4.68 Å². The predicted octanol–water partition coefficient (Wildman–Crippen LogP) is 5.34. The SMILES string of the molecule is N#Cc1nn(-c2c(Cl)cc(Cl)cc2Cl)c(N=S=O)c1SC(F)(F)F. The normalized spacial score (nSPS) is 11.2. The highest BCUT2D eigenvalue weighted by atomic mass is 35.5. The van der Waals surface area contributed by atoms with E-state index in [1.807, 2.05) is 0 Å². The Kier molecular flexibility index (Phi) is 5.83. The first-order valence-corrected chi connectivity index (χ1v) is 8.26. The third-order valence-electron chi connectivity index (χ3n) is 2.46. The van der Waals surface area contributed by atoms with Gasteiger partial charge in [-0.1, -0.05) is 34.8 Å². The smallest absolute Gasteiger partial charge is 0.209 e. The number of halogens is 6. The average Bonchev–Trinajstić information content (AvgIpc) is 2.75. The van der Waals surface area contributed by atoms with Crippen molar-refractivity contribution < 1.29 is 17.4 Å². The number of alkyl halides is 3. The Morgan fingerprint density at radius 1 is 1.25 bits per heavy atom. The van der Waals surface area contributed by atoms with E-state index in [-0.39, 0.29) is 32.2 Å². The van der Waals surface area contributed by atoms with Crippen molar-refractivity contribution in [1.29, 1.82) is 5.26 Å². The van der Waals surface area contributed by atoms with E-state index in [0.717, 1.165) is 4.68 Å². The first kappa shape index (κ1) is 19.1. The largest absolute Gasteiger partial charge is 0.446 e. The molecule has 5 nitrogen and oxygen atoms in total. The molecule has 0 aliphatic carbocycles. The van der Waals surface area contributed by atoms with Crippen LogP contribution in [0.1, 0.15) is 5.69 Å². The van der Waals surface area contributed by atoms with Crippen molar-refractivity contribution in [2.45, 2.75) is 10.4 Å². The molecule has 2 aromatic rings. The van der Waals surface area contributed by atoms with Gasteiger partial charge in [0.05, 0.1) is 10.0 Å². The van der Waals surface area contributed by atoms with E-state index >= 15 is 0 Å². The quantitative estimate of drug-likeness (QED) is 0.612. The molecule has 0 amide bonds. The Bertz CT molecular complexity index is 880. The first-order valence-electron chi connectivity index (χ1n) is 5.61. The maximum absolute atomic E-state index is 12.7. The number of thioether (sulfide) groups is 1. The molecule has 1 aromatic heterocycles. The van der Waals surface area contributed by atoms with Crippen molar-refractivity contribution in [3.63, 3.8) is 0 Å². The van der Waals surface area contributed by atoms with Crippen molar-refractivity contribution in [3.05, 3.63) is 32.9 Å². The van der Waals surface area contributed by atoms with E-state index in [1.54, 1.807) is 0 Å². The lowest BCUT2D eigenvalue weighted by Gasteiger charge is -2.09. The van der Waals surface area contributed by atoms with Gasteiger partial charge in [0, 0.05) is 5.02 Å². The molecule has 0 aliphatic rings. The maximum Gasteiger partial charge on any atom is 0.446 e. The van der Waals surface area contributed by atoms with Crippen LogP contribution >= 0.6 is 46.6 Å². The number of hydrogen-bond acceptors (Lipinski definition) is 5. The Hall–Kier alpha value is -1.25. The van der Waals surface area contributed by atoms with E-state index in [1.165, 1.54) is 18.2 Å². The summed E-state index contributed by atoms with van der Waals surface area (Å²) in [5.41, 5.74) is -5.35. The number of nitrogens with zero attached hydrogens (tertiary/aromatic N) is 4. The van der Waals surface area contributed by atoms with Gasteiger partial charge < -0.3 is 0 Å². The Morgan fingerprint density at radius 3 is 2.29 bits per heavy atom. The van der Waals surface area contributed by atoms with Gasteiger partial charge >= 0.3 is 5.51 Å². The van der Waals surface area contributed by atoms with Crippen LogP contribution in [0.2, 0.25) is 15.1 Å². The van der Waals surface area contributed by atoms with E-state index < -0.39 is 33.7 Å². The summed E-state index contributed by atoms with van der Waals surface area (Å²) in [7, 11) is 0. The molecule has 0 N–H and O–H groups in total. The molecule has 0 atom stereocenters. The van der Waals surface area contributed by atoms with E-state index in [4.69, 9.17) is 40.1 Å². The summed E-state index contributed by atoms with van der Waals surface area (Å²) < 4.78 is 53.1. The highest BCUT2D eigenvalue weighted by molar-refractivity contribution is 8.00. The molecule has 0 aliphatic heterocycles. The van der Waals surface area contributed by atoms with Crippen LogP contribution in [0.5, 0.6) is 0 Å². The lowest BCUT2D eigenvalue weighted by atomic mass is 10.3. The molecular weight excluding hydrogens is 432 g/mol. The summed E-state index contributed by atoms with van der Waals surface area (Å²) >= 11 is 16.8. The molecule has 0 fully saturated rings. The number of hydrogen-bond donors (Lipinski definition) is 0. The Labute approximate surface area is 155 Å². The van der Waals surface area contributed by atoms with Crippen LogP contribution in [-0.4, -0.2) is 19.5 Å². The average molecular weight is 434 g/mol. The minimum Gasteiger partial charge on any atom is -0.209 e. The van der Waals surface area contributed by atoms with Crippen LogP contribution in [0.15, 0.2) is 21.4 Å². The number of benzene rings is 1. The second-order valence-electron chi connectivity index (χ2n) is 3.96. The number of nitriles is 1. The summed E-state index contributed by atoms with van der Waals surface area (Å²) in [6.45, 7) is 0. The van der Waals surface area contributed by atoms with Gasteiger partial charge in [-0.05, 0) is 23.9 Å². The third kappa shape index (κ3) is 4.04.